The van der Waals surface area contributed by atoms with Gasteiger partial charge in [-0.15, -0.1) is 0 Å². The van der Waals surface area contributed by atoms with Gasteiger partial charge in [0.2, 0.25) is 5.88 Å². The Bertz CT molecular complexity index is 654. The van der Waals surface area contributed by atoms with Crippen molar-refractivity contribution in [2.45, 2.75) is 13.8 Å². The average Bonchev–Trinajstić information content (AvgIpc) is 2.44. The molecule has 1 aromatic carbocycles. The molecule has 5 heteroatoms. The van der Waals surface area contributed by atoms with Crippen molar-refractivity contribution in [3.8, 4) is 11.6 Å². The van der Waals surface area contributed by atoms with Gasteiger partial charge in [0.1, 0.15) is 11.4 Å². The van der Waals surface area contributed by atoms with E-state index in [1.165, 1.54) is 24.9 Å². The molecule has 2 rings (SSSR count). The number of aromatic nitrogens is 1. The van der Waals surface area contributed by atoms with E-state index < -0.39 is 5.97 Å². The fraction of sp³-hybridized carbons (Fsp3) is 0.200. The SMILES string of the molecule is COC(=O)c1ccnc(Oc2ccc(C)c(C)c2)c1N. The standard InChI is InChI=1S/C15H16N2O3/c1-9-4-5-11(8-10(9)2)20-14-13(16)12(6-7-17-14)15(18)19-3/h4-8H,16H2,1-3H3. The van der Waals surface area contributed by atoms with Crippen LogP contribution in [0.15, 0.2) is 30.5 Å². The Morgan fingerprint density at radius 1 is 1.20 bits per heavy atom. The minimum atomic E-state index is -0.519. The molecule has 0 aliphatic heterocycles. The Morgan fingerprint density at radius 3 is 2.60 bits per heavy atom. The van der Waals surface area contributed by atoms with Crippen LogP contribution in [0.5, 0.6) is 11.6 Å². The monoisotopic (exact) mass is 272 g/mol. The first-order chi connectivity index (χ1) is 9.52. The van der Waals surface area contributed by atoms with Gasteiger partial charge in [-0.1, -0.05) is 6.07 Å². The number of nitrogens with two attached hydrogens (primary N) is 1. The van der Waals surface area contributed by atoms with Crippen LogP contribution in [-0.2, 0) is 4.74 Å². The van der Waals surface area contributed by atoms with Gasteiger partial charge >= 0.3 is 5.97 Å². The van der Waals surface area contributed by atoms with Crippen LogP contribution in [0.3, 0.4) is 0 Å². The van der Waals surface area contributed by atoms with Crippen LogP contribution in [0.4, 0.5) is 5.69 Å². The van der Waals surface area contributed by atoms with E-state index in [1.54, 1.807) is 0 Å². The van der Waals surface area contributed by atoms with Crippen LogP contribution in [0.1, 0.15) is 21.5 Å². The molecule has 0 radical (unpaired) electrons. The highest BCUT2D eigenvalue weighted by atomic mass is 16.5. The predicted octanol–water partition coefficient (Wildman–Crippen LogP) is 2.86. The number of benzene rings is 1. The molecule has 0 unspecified atom stereocenters. The molecule has 0 bridgehead atoms. The lowest BCUT2D eigenvalue weighted by molar-refractivity contribution is 0.0601. The molecule has 1 aromatic heterocycles. The number of ether oxygens (including phenoxy) is 2. The maximum atomic E-state index is 11.6. The van der Waals surface area contributed by atoms with E-state index in [9.17, 15) is 4.79 Å². The fourth-order valence-electron chi connectivity index (χ4n) is 1.71. The summed E-state index contributed by atoms with van der Waals surface area (Å²) >= 11 is 0. The largest absolute Gasteiger partial charge is 0.465 e. The van der Waals surface area contributed by atoms with Gasteiger partial charge in [-0.05, 0) is 43.2 Å². The molecule has 0 spiro atoms. The molecule has 0 saturated heterocycles. The lowest BCUT2D eigenvalue weighted by atomic mass is 10.1. The first-order valence-electron chi connectivity index (χ1n) is 6.11. The number of hydrogen-bond donors (Lipinski definition) is 1. The van der Waals surface area contributed by atoms with E-state index in [1.807, 2.05) is 32.0 Å². The van der Waals surface area contributed by atoms with Crippen molar-refractivity contribution in [2.24, 2.45) is 0 Å². The zero-order valence-electron chi connectivity index (χ0n) is 11.6. The van der Waals surface area contributed by atoms with Crippen LogP contribution >= 0.6 is 0 Å². The molecular formula is C15H16N2O3. The first-order valence-corrected chi connectivity index (χ1v) is 6.11. The first kappa shape index (κ1) is 13.9. The second-order valence-corrected chi connectivity index (χ2v) is 4.42. The number of nitrogen functional groups attached to an aromatic ring is 1. The van der Waals surface area contributed by atoms with Gasteiger partial charge in [-0.3, -0.25) is 0 Å². The number of esters is 1. The van der Waals surface area contributed by atoms with Crippen molar-refractivity contribution >= 4 is 11.7 Å². The van der Waals surface area contributed by atoms with Crippen molar-refractivity contribution in [2.75, 3.05) is 12.8 Å². The summed E-state index contributed by atoms with van der Waals surface area (Å²) in [6.07, 6.45) is 1.46. The Kier molecular flexibility index (Phi) is 3.89. The minimum Gasteiger partial charge on any atom is -0.465 e. The van der Waals surface area contributed by atoms with E-state index in [2.05, 4.69) is 9.72 Å². The molecule has 1 heterocycles. The lowest BCUT2D eigenvalue weighted by Gasteiger charge is -2.11. The summed E-state index contributed by atoms with van der Waals surface area (Å²) in [5, 5.41) is 0. The topological polar surface area (TPSA) is 74.4 Å². The van der Waals surface area contributed by atoms with Crippen LogP contribution in [-0.4, -0.2) is 18.1 Å². The molecule has 0 atom stereocenters. The normalized spacial score (nSPS) is 10.2. The lowest BCUT2D eigenvalue weighted by Crippen LogP contribution is -2.07. The van der Waals surface area contributed by atoms with Gasteiger partial charge in [0.05, 0.1) is 12.7 Å². The summed E-state index contributed by atoms with van der Waals surface area (Å²) in [5.74, 6) is 0.292. The van der Waals surface area contributed by atoms with Gasteiger partial charge in [0.15, 0.2) is 0 Å². The molecule has 0 fully saturated rings. The van der Waals surface area contributed by atoms with Crippen molar-refractivity contribution in [1.82, 2.24) is 4.98 Å². The number of pyridine rings is 1. The van der Waals surface area contributed by atoms with Gasteiger partial charge < -0.3 is 15.2 Å². The summed E-state index contributed by atoms with van der Waals surface area (Å²) < 4.78 is 10.3. The quantitative estimate of drug-likeness (QED) is 0.869. The second kappa shape index (κ2) is 5.61. The van der Waals surface area contributed by atoms with Crippen molar-refractivity contribution in [3.63, 3.8) is 0 Å². The van der Waals surface area contributed by atoms with E-state index >= 15 is 0 Å². The number of carbonyl (C=O) groups is 1. The summed E-state index contributed by atoms with van der Waals surface area (Å²) in [5.41, 5.74) is 8.56. The Labute approximate surface area is 117 Å². The minimum absolute atomic E-state index is 0.164. The zero-order chi connectivity index (χ0) is 14.7. The fourth-order valence-corrected chi connectivity index (χ4v) is 1.71. The van der Waals surface area contributed by atoms with Crippen LogP contribution in [0.2, 0.25) is 0 Å². The predicted molar refractivity (Wildman–Crippen MR) is 76.0 cm³/mol. The molecule has 0 saturated carbocycles. The average molecular weight is 272 g/mol. The van der Waals surface area contributed by atoms with E-state index in [0.29, 0.717) is 5.75 Å². The molecule has 20 heavy (non-hydrogen) atoms. The molecule has 104 valence electrons. The summed E-state index contributed by atoms with van der Waals surface area (Å²) in [6.45, 7) is 4.01. The number of aryl methyl sites for hydroxylation is 2. The summed E-state index contributed by atoms with van der Waals surface area (Å²) in [7, 11) is 1.30. The number of carbonyl (C=O) groups excluding carboxylic acids is 1. The summed E-state index contributed by atoms with van der Waals surface area (Å²) in [4.78, 5) is 15.6. The summed E-state index contributed by atoms with van der Waals surface area (Å²) in [6, 6.07) is 7.16. The highest BCUT2D eigenvalue weighted by Crippen LogP contribution is 2.28. The Balaban J connectivity index is 2.34. The number of hydrogen-bond acceptors (Lipinski definition) is 5. The smallest absolute Gasteiger partial charge is 0.340 e. The van der Waals surface area contributed by atoms with Crippen molar-refractivity contribution in [3.05, 3.63) is 47.2 Å². The van der Waals surface area contributed by atoms with Crippen LogP contribution in [0.25, 0.3) is 0 Å². The molecule has 0 amide bonds. The second-order valence-electron chi connectivity index (χ2n) is 4.42. The van der Waals surface area contributed by atoms with Gasteiger partial charge in [0.25, 0.3) is 0 Å². The zero-order valence-corrected chi connectivity index (χ0v) is 11.6. The Hall–Kier alpha value is -2.56. The van der Waals surface area contributed by atoms with E-state index in [0.717, 1.165) is 5.56 Å². The van der Waals surface area contributed by atoms with Crippen LogP contribution in [0, 0.1) is 13.8 Å². The molecule has 0 aliphatic rings. The third-order valence-electron chi connectivity index (χ3n) is 3.05. The molecule has 5 nitrogen and oxygen atoms in total. The highest BCUT2D eigenvalue weighted by molar-refractivity contribution is 5.96. The van der Waals surface area contributed by atoms with Gasteiger partial charge in [0, 0.05) is 6.20 Å². The van der Waals surface area contributed by atoms with Crippen molar-refractivity contribution in [1.29, 1.82) is 0 Å². The maximum absolute atomic E-state index is 11.6. The molecule has 2 aromatic rings. The van der Waals surface area contributed by atoms with E-state index in [4.69, 9.17) is 10.5 Å². The number of rotatable bonds is 3. The number of methoxy groups -OCH3 is 1. The van der Waals surface area contributed by atoms with Crippen LogP contribution < -0.4 is 10.5 Å². The van der Waals surface area contributed by atoms with Crippen molar-refractivity contribution < 1.29 is 14.3 Å². The third-order valence-corrected chi connectivity index (χ3v) is 3.05. The third kappa shape index (κ3) is 2.71. The highest BCUT2D eigenvalue weighted by Gasteiger charge is 2.15. The maximum Gasteiger partial charge on any atom is 0.340 e. The number of nitrogens with zero attached hydrogens (tertiary/aromatic N) is 1. The van der Waals surface area contributed by atoms with Gasteiger partial charge in [-0.25, -0.2) is 9.78 Å². The number of anilines is 1. The van der Waals surface area contributed by atoms with E-state index in [-0.39, 0.29) is 17.1 Å². The van der Waals surface area contributed by atoms with Gasteiger partial charge in [-0.2, -0.15) is 0 Å². The molecular weight excluding hydrogens is 256 g/mol. The molecule has 0 aliphatic carbocycles. The molecule has 2 N–H and O–H groups in total. The Morgan fingerprint density at radius 2 is 1.95 bits per heavy atom.